The third-order valence-electron chi connectivity index (χ3n) is 7.05. The van der Waals surface area contributed by atoms with Crippen molar-refractivity contribution in [1.82, 2.24) is 10.2 Å². The van der Waals surface area contributed by atoms with Gasteiger partial charge in [0, 0.05) is 25.0 Å². The van der Waals surface area contributed by atoms with Crippen molar-refractivity contribution in [2.75, 3.05) is 26.3 Å². The average molecular weight is 399 g/mol. The molecule has 2 saturated carbocycles. The van der Waals surface area contributed by atoms with Gasteiger partial charge in [-0.3, -0.25) is 9.59 Å². The Morgan fingerprint density at radius 1 is 0.966 bits per heavy atom. The van der Waals surface area contributed by atoms with E-state index in [-0.39, 0.29) is 17.9 Å². The number of ether oxygens (including phenoxy) is 2. The minimum atomic E-state index is -0.475. The number of amides is 2. The summed E-state index contributed by atoms with van der Waals surface area (Å²) in [5.74, 6) is 2.25. The minimum absolute atomic E-state index is 0.138. The number of piperidine rings is 1. The van der Waals surface area contributed by atoms with Gasteiger partial charge in [0.15, 0.2) is 11.5 Å². The molecule has 0 bridgehead atoms. The summed E-state index contributed by atoms with van der Waals surface area (Å²) in [7, 11) is 0. The van der Waals surface area contributed by atoms with E-state index >= 15 is 0 Å². The van der Waals surface area contributed by atoms with E-state index in [1.807, 2.05) is 23.1 Å². The molecule has 2 amide bonds. The molecule has 0 radical (unpaired) electrons. The van der Waals surface area contributed by atoms with Crippen LogP contribution in [-0.2, 0) is 15.0 Å². The summed E-state index contributed by atoms with van der Waals surface area (Å²) in [5, 5.41) is 3.34. The van der Waals surface area contributed by atoms with Crippen LogP contribution in [0, 0.1) is 5.92 Å². The lowest BCUT2D eigenvalue weighted by Gasteiger charge is -2.36. The lowest BCUT2D eigenvalue weighted by atomic mass is 9.77. The van der Waals surface area contributed by atoms with Gasteiger partial charge in [0.2, 0.25) is 11.8 Å². The topological polar surface area (TPSA) is 67.9 Å². The van der Waals surface area contributed by atoms with Gasteiger partial charge in [-0.05, 0) is 56.2 Å². The van der Waals surface area contributed by atoms with Crippen LogP contribution < -0.4 is 14.8 Å². The molecule has 1 aromatic rings. The predicted octanol–water partition coefficient (Wildman–Crippen LogP) is 2.79. The van der Waals surface area contributed by atoms with Crippen molar-refractivity contribution < 1.29 is 19.1 Å². The predicted molar refractivity (Wildman–Crippen MR) is 108 cm³/mol. The first-order valence-corrected chi connectivity index (χ1v) is 11.2. The zero-order valence-electron chi connectivity index (χ0n) is 17.0. The number of likely N-dealkylation sites (tertiary alicyclic amines) is 1. The summed E-state index contributed by atoms with van der Waals surface area (Å²) in [4.78, 5) is 27.7. The highest BCUT2D eigenvalue weighted by atomic mass is 16.6. The van der Waals surface area contributed by atoms with Crippen LogP contribution in [0.25, 0.3) is 0 Å². The number of nitrogens with zero attached hydrogens (tertiary/aromatic N) is 1. The first-order chi connectivity index (χ1) is 14.2. The molecule has 0 atom stereocenters. The number of fused-ring (bicyclic) bond motifs is 1. The summed E-state index contributed by atoms with van der Waals surface area (Å²) in [5.41, 5.74) is 0.565. The molecule has 29 heavy (non-hydrogen) atoms. The molecule has 1 saturated heterocycles. The number of hydrogen-bond donors (Lipinski definition) is 1. The fraction of sp³-hybridized carbons (Fsp3) is 0.652. The monoisotopic (exact) mass is 398 g/mol. The molecular weight excluding hydrogens is 368 g/mol. The molecule has 3 fully saturated rings. The standard InChI is InChI=1S/C23H30N2O4/c26-21(16-3-4-16)25-11-7-18(8-12-25)24-22(27)23(9-1-2-10-23)17-5-6-19-20(15-17)29-14-13-28-19/h5-6,15-16,18H,1-4,7-14H2,(H,24,27). The van der Waals surface area contributed by atoms with Crippen molar-refractivity contribution in [3.8, 4) is 11.5 Å². The Morgan fingerprint density at radius 2 is 1.66 bits per heavy atom. The highest BCUT2D eigenvalue weighted by Crippen LogP contribution is 2.44. The maximum absolute atomic E-state index is 13.5. The van der Waals surface area contributed by atoms with Gasteiger partial charge in [0.25, 0.3) is 0 Å². The van der Waals surface area contributed by atoms with Crippen molar-refractivity contribution in [2.24, 2.45) is 5.92 Å². The van der Waals surface area contributed by atoms with Crippen LogP contribution >= 0.6 is 0 Å². The van der Waals surface area contributed by atoms with E-state index in [2.05, 4.69) is 5.32 Å². The highest BCUT2D eigenvalue weighted by Gasteiger charge is 2.44. The van der Waals surface area contributed by atoms with Crippen LogP contribution in [0.5, 0.6) is 11.5 Å². The number of rotatable bonds is 4. The molecule has 0 unspecified atom stereocenters. The Bertz CT molecular complexity index is 790. The summed E-state index contributed by atoms with van der Waals surface area (Å²) in [6, 6.07) is 6.14. The maximum Gasteiger partial charge on any atom is 0.230 e. The van der Waals surface area contributed by atoms with Crippen LogP contribution in [0.1, 0.15) is 56.9 Å². The van der Waals surface area contributed by atoms with E-state index in [0.717, 1.165) is 81.5 Å². The van der Waals surface area contributed by atoms with E-state index in [1.54, 1.807) is 0 Å². The molecule has 2 aliphatic heterocycles. The average Bonchev–Trinajstić information content (AvgIpc) is 3.49. The van der Waals surface area contributed by atoms with E-state index in [4.69, 9.17) is 9.47 Å². The molecule has 5 rings (SSSR count). The lowest BCUT2D eigenvalue weighted by molar-refractivity contribution is -0.134. The Hall–Kier alpha value is -2.24. The molecule has 156 valence electrons. The zero-order valence-corrected chi connectivity index (χ0v) is 17.0. The van der Waals surface area contributed by atoms with Gasteiger partial charge < -0.3 is 19.7 Å². The van der Waals surface area contributed by atoms with Crippen LogP contribution in [0.4, 0.5) is 0 Å². The van der Waals surface area contributed by atoms with Crippen LogP contribution in [0.2, 0.25) is 0 Å². The molecular formula is C23H30N2O4. The Balaban J connectivity index is 1.27. The van der Waals surface area contributed by atoms with E-state index < -0.39 is 5.41 Å². The molecule has 2 aliphatic carbocycles. The minimum Gasteiger partial charge on any atom is -0.486 e. The van der Waals surface area contributed by atoms with Gasteiger partial charge in [-0.2, -0.15) is 0 Å². The second-order valence-electron chi connectivity index (χ2n) is 8.99. The van der Waals surface area contributed by atoms with Gasteiger partial charge in [-0.1, -0.05) is 18.9 Å². The Labute approximate surface area is 171 Å². The molecule has 1 aromatic carbocycles. The molecule has 1 N–H and O–H groups in total. The first kappa shape index (κ1) is 18.8. The summed E-state index contributed by atoms with van der Waals surface area (Å²) < 4.78 is 11.4. The zero-order chi connectivity index (χ0) is 19.8. The van der Waals surface area contributed by atoms with Crippen LogP contribution in [0.3, 0.4) is 0 Å². The second kappa shape index (κ2) is 7.54. The van der Waals surface area contributed by atoms with Crippen molar-refractivity contribution in [1.29, 1.82) is 0 Å². The fourth-order valence-corrected chi connectivity index (χ4v) is 5.12. The largest absolute Gasteiger partial charge is 0.486 e. The summed E-state index contributed by atoms with van der Waals surface area (Å²) in [6.45, 7) is 2.64. The van der Waals surface area contributed by atoms with Crippen molar-refractivity contribution >= 4 is 11.8 Å². The lowest BCUT2D eigenvalue weighted by Crippen LogP contribution is -2.51. The molecule has 4 aliphatic rings. The number of carbonyl (C=O) groups is 2. The number of nitrogens with one attached hydrogen (secondary N) is 1. The molecule has 0 spiro atoms. The number of benzene rings is 1. The van der Waals surface area contributed by atoms with E-state index in [1.165, 1.54) is 0 Å². The Morgan fingerprint density at radius 3 is 2.34 bits per heavy atom. The van der Waals surface area contributed by atoms with Crippen molar-refractivity contribution in [2.45, 2.75) is 62.8 Å². The van der Waals surface area contributed by atoms with Gasteiger partial charge in [-0.25, -0.2) is 0 Å². The third kappa shape index (κ3) is 3.58. The molecule has 6 heteroatoms. The van der Waals surface area contributed by atoms with E-state index in [0.29, 0.717) is 19.1 Å². The maximum atomic E-state index is 13.5. The summed E-state index contributed by atoms with van der Waals surface area (Å²) in [6.07, 6.45) is 7.67. The van der Waals surface area contributed by atoms with Crippen molar-refractivity contribution in [3.63, 3.8) is 0 Å². The second-order valence-corrected chi connectivity index (χ2v) is 8.99. The van der Waals surface area contributed by atoms with Gasteiger partial charge in [0.1, 0.15) is 13.2 Å². The summed E-state index contributed by atoms with van der Waals surface area (Å²) >= 11 is 0. The normalized spacial score (nSPS) is 23.7. The van der Waals surface area contributed by atoms with Gasteiger partial charge >= 0.3 is 0 Å². The van der Waals surface area contributed by atoms with Gasteiger partial charge in [-0.15, -0.1) is 0 Å². The van der Waals surface area contributed by atoms with Gasteiger partial charge in [0.05, 0.1) is 5.41 Å². The third-order valence-corrected chi connectivity index (χ3v) is 7.05. The number of carbonyl (C=O) groups excluding carboxylic acids is 2. The quantitative estimate of drug-likeness (QED) is 0.847. The molecule has 0 aromatic heterocycles. The van der Waals surface area contributed by atoms with E-state index in [9.17, 15) is 9.59 Å². The first-order valence-electron chi connectivity index (χ1n) is 11.2. The number of hydrogen-bond acceptors (Lipinski definition) is 4. The fourth-order valence-electron chi connectivity index (χ4n) is 5.12. The molecule has 6 nitrogen and oxygen atoms in total. The highest BCUT2D eigenvalue weighted by molar-refractivity contribution is 5.89. The van der Waals surface area contributed by atoms with Crippen LogP contribution in [0.15, 0.2) is 18.2 Å². The van der Waals surface area contributed by atoms with Crippen LogP contribution in [-0.4, -0.2) is 49.1 Å². The smallest absolute Gasteiger partial charge is 0.230 e. The van der Waals surface area contributed by atoms with Crippen molar-refractivity contribution in [3.05, 3.63) is 23.8 Å². The Kier molecular flexibility index (Phi) is 4.88. The SMILES string of the molecule is O=C(C1CC1)N1CCC(NC(=O)C2(c3ccc4c(c3)OCCO4)CCCC2)CC1. The molecule has 2 heterocycles.